The summed E-state index contributed by atoms with van der Waals surface area (Å²) < 4.78 is 17.6. The van der Waals surface area contributed by atoms with Crippen LogP contribution in [0, 0.1) is 0 Å². The van der Waals surface area contributed by atoms with Crippen LogP contribution in [0.2, 0.25) is 0 Å². The van der Waals surface area contributed by atoms with E-state index in [-0.39, 0.29) is 23.3 Å². The van der Waals surface area contributed by atoms with Gasteiger partial charge < -0.3 is 18.9 Å². The molecule has 0 radical (unpaired) electrons. The maximum atomic E-state index is 11.2. The van der Waals surface area contributed by atoms with Crippen molar-refractivity contribution in [1.82, 2.24) is 0 Å². The van der Waals surface area contributed by atoms with E-state index in [1.165, 1.54) is 54.2 Å². The minimum Gasteiger partial charge on any atom is -0.469 e. The number of hydrogen-bond acceptors (Lipinski definition) is 8. The molecule has 134 valence electrons. The minimum atomic E-state index is -0.526. The molecule has 0 amide bonds. The smallest absolute Gasteiger partial charge is 0.341 e. The number of carbonyl (C=O) groups excluding carboxylic acids is 4. The summed E-state index contributed by atoms with van der Waals surface area (Å²) in [6.45, 7) is 3.99. The lowest BCUT2D eigenvalue weighted by Gasteiger charge is -2.05. The van der Waals surface area contributed by atoms with E-state index >= 15 is 0 Å². The summed E-state index contributed by atoms with van der Waals surface area (Å²) in [6, 6.07) is 6.40. The Labute approximate surface area is 140 Å². The van der Waals surface area contributed by atoms with Crippen LogP contribution in [0.4, 0.5) is 0 Å². The monoisotopic (exact) mass is 342 g/mol. The lowest BCUT2D eigenvalue weighted by Crippen LogP contribution is -2.08. The zero-order valence-corrected chi connectivity index (χ0v) is 14.6. The SMILES string of the molecule is COC(=O)c1ccccc1OC(C)=O.COC(C)=O.COC(C)=O. The maximum absolute atomic E-state index is 11.2. The van der Waals surface area contributed by atoms with Crippen molar-refractivity contribution in [2.75, 3.05) is 21.3 Å². The summed E-state index contributed by atoms with van der Waals surface area (Å²) in [5.41, 5.74) is 0.241. The van der Waals surface area contributed by atoms with Crippen molar-refractivity contribution >= 4 is 23.9 Å². The summed E-state index contributed by atoms with van der Waals surface area (Å²) in [4.78, 5) is 41.1. The Morgan fingerprint density at radius 3 is 1.46 bits per heavy atom. The molecule has 8 nitrogen and oxygen atoms in total. The number of methoxy groups -OCH3 is 3. The van der Waals surface area contributed by atoms with Gasteiger partial charge in [0.2, 0.25) is 0 Å². The second kappa shape index (κ2) is 13.7. The van der Waals surface area contributed by atoms with Crippen LogP contribution in [0.15, 0.2) is 24.3 Å². The first kappa shape index (κ1) is 23.4. The van der Waals surface area contributed by atoms with Gasteiger partial charge in [-0.2, -0.15) is 0 Å². The fourth-order valence-corrected chi connectivity index (χ4v) is 0.989. The van der Waals surface area contributed by atoms with Gasteiger partial charge in [-0.1, -0.05) is 12.1 Å². The molecular weight excluding hydrogens is 320 g/mol. The van der Waals surface area contributed by atoms with Gasteiger partial charge in [-0.3, -0.25) is 14.4 Å². The van der Waals surface area contributed by atoms with Gasteiger partial charge in [0.15, 0.2) is 0 Å². The van der Waals surface area contributed by atoms with Crippen LogP contribution in [0.25, 0.3) is 0 Å². The molecule has 0 aliphatic heterocycles. The van der Waals surface area contributed by atoms with Crippen LogP contribution >= 0.6 is 0 Å². The highest BCUT2D eigenvalue weighted by atomic mass is 16.5. The van der Waals surface area contributed by atoms with Crippen LogP contribution in [-0.4, -0.2) is 45.2 Å². The number of para-hydroxylation sites is 1. The van der Waals surface area contributed by atoms with E-state index in [1.807, 2.05) is 0 Å². The third-order valence-electron chi connectivity index (χ3n) is 2.12. The molecule has 0 bridgehead atoms. The van der Waals surface area contributed by atoms with Crippen molar-refractivity contribution in [2.45, 2.75) is 20.8 Å². The molecule has 1 aromatic carbocycles. The van der Waals surface area contributed by atoms with Crippen molar-refractivity contribution in [3.8, 4) is 5.75 Å². The lowest BCUT2D eigenvalue weighted by atomic mass is 10.2. The van der Waals surface area contributed by atoms with Crippen molar-refractivity contribution in [2.24, 2.45) is 0 Å². The number of carbonyl (C=O) groups is 4. The van der Waals surface area contributed by atoms with Crippen molar-refractivity contribution < 1.29 is 38.1 Å². The molecule has 0 saturated heterocycles. The molecule has 0 heterocycles. The first-order chi connectivity index (χ1) is 11.2. The largest absolute Gasteiger partial charge is 0.469 e. The third-order valence-corrected chi connectivity index (χ3v) is 2.12. The highest BCUT2D eigenvalue weighted by Gasteiger charge is 2.12. The fourth-order valence-electron chi connectivity index (χ4n) is 0.989. The Morgan fingerprint density at radius 2 is 1.12 bits per heavy atom. The molecule has 1 rings (SSSR count). The predicted octanol–water partition coefficient (Wildman–Crippen LogP) is 1.76. The van der Waals surface area contributed by atoms with Gasteiger partial charge in [0.05, 0.1) is 21.3 Å². The third kappa shape index (κ3) is 12.8. The Balaban J connectivity index is 0. The van der Waals surface area contributed by atoms with Crippen molar-refractivity contribution in [3.05, 3.63) is 29.8 Å². The molecule has 0 fully saturated rings. The quantitative estimate of drug-likeness (QED) is 0.455. The van der Waals surface area contributed by atoms with E-state index in [1.54, 1.807) is 12.1 Å². The highest BCUT2D eigenvalue weighted by molar-refractivity contribution is 5.93. The summed E-state index contributed by atoms with van der Waals surface area (Å²) in [5.74, 6) is -1.27. The molecule has 0 saturated carbocycles. The van der Waals surface area contributed by atoms with Crippen LogP contribution in [0.1, 0.15) is 31.1 Å². The van der Waals surface area contributed by atoms with Gasteiger partial charge in [-0.15, -0.1) is 0 Å². The van der Waals surface area contributed by atoms with Crippen molar-refractivity contribution in [3.63, 3.8) is 0 Å². The van der Waals surface area contributed by atoms with Gasteiger partial charge in [0, 0.05) is 20.8 Å². The Bertz CT molecular complexity index is 537. The molecule has 0 atom stereocenters. The zero-order chi connectivity index (χ0) is 19.1. The van der Waals surface area contributed by atoms with Gasteiger partial charge in [-0.25, -0.2) is 4.79 Å². The molecule has 0 aliphatic carbocycles. The van der Waals surface area contributed by atoms with Gasteiger partial charge >= 0.3 is 23.9 Å². The molecule has 24 heavy (non-hydrogen) atoms. The molecule has 0 spiro atoms. The van der Waals surface area contributed by atoms with Crippen LogP contribution in [0.3, 0.4) is 0 Å². The van der Waals surface area contributed by atoms with Crippen molar-refractivity contribution in [1.29, 1.82) is 0 Å². The van der Waals surface area contributed by atoms with Gasteiger partial charge in [0.1, 0.15) is 11.3 Å². The first-order valence-electron chi connectivity index (χ1n) is 6.64. The summed E-state index contributed by atoms with van der Waals surface area (Å²) >= 11 is 0. The Hall–Kier alpha value is -2.90. The second-order valence-electron chi connectivity index (χ2n) is 3.97. The standard InChI is InChI=1S/C10H10O4.2C3H6O2/c1-7(11)14-9-6-4-3-5-8(9)10(12)13-2;2*1-3(4)5-2/h3-6H,1-2H3;2*1-2H3. The minimum absolute atomic E-state index is 0.215. The van der Waals surface area contributed by atoms with E-state index in [9.17, 15) is 19.2 Å². The Morgan fingerprint density at radius 1 is 0.708 bits per heavy atom. The van der Waals surface area contributed by atoms with Crippen LogP contribution in [0.5, 0.6) is 5.75 Å². The predicted molar refractivity (Wildman–Crippen MR) is 84.5 cm³/mol. The topological polar surface area (TPSA) is 105 Å². The summed E-state index contributed by atoms with van der Waals surface area (Å²) in [6.07, 6.45) is 0. The van der Waals surface area contributed by atoms with E-state index in [4.69, 9.17) is 4.74 Å². The van der Waals surface area contributed by atoms with Gasteiger partial charge in [-0.05, 0) is 12.1 Å². The molecule has 1 aromatic rings. The average Bonchev–Trinajstić information content (AvgIpc) is 2.55. The lowest BCUT2D eigenvalue weighted by molar-refractivity contribution is -0.138. The fraction of sp³-hybridized carbons (Fsp3) is 0.375. The average molecular weight is 342 g/mol. The Kier molecular flexibility index (Phi) is 13.4. The molecular formula is C16H22O8. The van der Waals surface area contributed by atoms with E-state index < -0.39 is 11.9 Å². The summed E-state index contributed by atoms with van der Waals surface area (Å²) in [5, 5.41) is 0. The van der Waals surface area contributed by atoms with Crippen LogP contribution in [-0.2, 0) is 28.6 Å². The van der Waals surface area contributed by atoms with Gasteiger partial charge in [0.25, 0.3) is 0 Å². The number of ether oxygens (including phenoxy) is 4. The maximum Gasteiger partial charge on any atom is 0.341 e. The van der Waals surface area contributed by atoms with E-state index in [0.717, 1.165) is 0 Å². The van der Waals surface area contributed by atoms with E-state index in [0.29, 0.717) is 0 Å². The second-order valence-corrected chi connectivity index (χ2v) is 3.97. The number of benzene rings is 1. The molecule has 8 heteroatoms. The normalized spacial score (nSPS) is 8.25. The first-order valence-corrected chi connectivity index (χ1v) is 6.64. The molecule has 0 aromatic heterocycles. The molecule has 0 aliphatic rings. The van der Waals surface area contributed by atoms with E-state index in [2.05, 4.69) is 14.2 Å². The zero-order valence-electron chi connectivity index (χ0n) is 14.6. The molecule has 0 N–H and O–H groups in total. The number of esters is 4. The number of rotatable bonds is 2. The summed E-state index contributed by atoms with van der Waals surface area (Å²) in [7, 11) is 3.97. The van der Waals surface area contributed by atoms with Crippen LogP contribution < -0.4 is 4.74 Å². The number of hydrogen-bond donors (Lipinski definition) is 0. The molecule has 0 unspecified atom stereocenters. The highest BCUT2D eigenvalue weighted by Crippen LogP contribution is 2.18.